The molecule has 160 valence electrons. The van der Waals surface area contributed by atoms with Gasteiger partial charge in [-0.15, -0.1) is 0 Å². The van der Waals surface area contributed by atoms with Crippen molar-refractivity contribution in [3.8, 4) is 17.0 Å². The number of carbonyl (C=O) groups is 2. The normalized spacial score (nSPS) is 11.5. The highest BCUT2D eigenvalue weighted by Gasteiger charge is 2.21. The molecule has 0 aliphatic rings. The average Bonchev–Trinajstić information content (AvgIpc) is 2.75. The monoisotopic (exact) mass is 420 g/mol. The van der Waals surface area contributed by atoms with Crippen LogP contribution in [0.15, 0.2) is 59.4 Å². The maximum absolute atomic E-state index is 12.9. The molecule has 0 radical (unpaired) electrons. The Labute approximate surface area is 179 Å². The topological polar surface area (TPSA) is 102 Å². The molecule has 8 heteroatoms. The quantitative estimate of drug-likeness (QED) is 0.636. The fourth-order valence-corrected chi connectivity index (χ4v) is 2.95. The Morgan fingerprint density at radius 3 is 2.26 bits per heavy atom. The van der Waals surface area contributed by atoms with Crippen LogP contribution in [0.2, 0.25) is 0 Å². The van der Waals surface area contributed by atoms with Crippen molar-refractivity contribution < 1.29 is 14.3 Å². The van der Waals surface area contributed by atoms with E-state index >= 15 is 0 Å². The van der Waals surface area contributed by atoms with Crippen molar-refractivity contribution in [3.05, 3.63) is 70.5 Å². The van der Waals surface area contributed by atoms with Gasteiger partial charge in [-0.25, -0.2) is 4.68 Å². The van der Waals surface area contributed by atoms with E-state index in [4.69, 9.17) is 4.74 Å². The molecular formula is C23H24N4O4. The van der Waals surface area contributed by atoms with Gasteiger partial charge in [0, 0.05) is 18.2 Å². The molecule has 0 saturated carbocycles. The van der Waals surface area contributed by atoms with E-state index in [1.165, 1.54) is 13.0 Å². The molecule has 31 heavy (non-hydrogen) atoms. The number of hydrogen-bond donors (Lipinski definition) is 2. The summed E-state index contributed by atoms with van der Waals surface area (Å²) in [7, 11) is 1.56. The highest BCUT2D eigenvalue weighted by Crippen LogP contribution is 2.21. The molecule has 3 aromatic rings. The summed E-state index contributed by atoms with van der Waals surface area (Å²) in [6, 6.07) is 15.0. The predicted octanol–water partition coefficient (Wildman–Crippen LogP) is 3.39. The Balaban J connectivity index is 1.97. The zero-order valence-corrected chi connectivity index (χ0v) is 17.8. The van der Waals surface area contributed by atoms with E-state index in [1.807, 2.05) is 31.2 Å². The minimum atomic E-state index is -0.924. The number of rotatable bonds is 6. The first-order chi connectivity index (χ1) is 14.8. The first kappa shape index (κ1) is 21.8. The van der Waals surface area contributed by atoms with Gasteiger partial charge in [0.15, 0.2) is 0 Å². The Morgan fingerprint density at radius 2 is 1.68 bits per heavy atom. The molecule has 3 rings (SSSR count). The third-order valence-corrected chi connectivity index (χ3v) is 4.70. The first-order valence-electron chi connectivity index (χ1n) is 9.72. The number of aromatic nitrogens is 2. The lowest BCUT2D eigenvalue weighted by Crippen LogP contribution is -2.35. The molecule has 1 unspecified atom stereocenters. The highest BCUT2D eigenvalue weighted by molar-refractivity contribution is 5.93. The van der Waals surface area contributed by atoms with Crippen molar-refractivity contribution in [3.63, 3.8) is 0 Å². The molecule has 0 aliphatic carbocycles. The van der Waals surface area contributed by atoms with Crippen LogP contribution in [0, 0.1) is 6.92 Å². The zero-order valence-electron chi connectivity index (χ0n) is 17.8. The molecule has 1 atom stereocenters. The summed E-state index contributed by atoms with van der Waals surface area (Å²) >= 11 is 0. The lowest BCUT2D eigenvalue weighted by Gasteiger charge is -2.17. The zero-order chi connectivity index (χ0) is 22.5. The lowest BCUT2D eigenvalue weighted by molar-refractivity contribution is -0.119. The van der Waals surface area contributed by atoms with Gasteiger partial charge in [-0.3, -0.25) is 14.4 Å². The number of hydrogen-bond acceptors (Lipinski definition) is 5. The van der Waals surface area contributed by atoms with Gasteiger partial charge in [-0.1, -0.05) is 29.8 Å². The average molecular weight is 420 g/mol. The molecule has 0 aliphatic heterocycles. The largest absolute Gasteiger partial charge is 0.497 e. The van der Waals surface area contributed by atoms with Crippen LogP contribution in [0.3, 0.4) is 0 Å². The van der Waals surface area contributed by atoms with E-state index in [2.05, 4.69) is 15.7 Å². The molecule has 2 aromatic carbocycles. The second-order valence-electron chi connectivity index (χ2n) is 7.13. The summed E-state index contributed by atoms with van der Waals surface area (Å²) in [5.41, 5.74) is 2.35. The van der Waals surface area contributed by atoms with Gasteiger partial charge in [-0.2, -0.15) is 5.10 Å². The maximum Gasteiger partial charge on any atom is 0.291 e. The van der Waals surface area contributed by atoms with Crippen LogP contribution in [0.25, 0.3) is 11.3 Å². The third kappa shape index (κ3) is 5.16. The Kier molecular flexibility index (Phi) is 6.49. The number of carbonyl (C=O) groups excluding carboxylic acids is 2. The molecule has 2 N–H and O–H groups in total. The molecule has 0 fully saturated rings. The number of ether oxygens (including phenoxy) is 1. The second-order valence-corrected chi connectivity index (χ2v) is 7.13. The van der Waals surface area contributed by atoms with Crippen LogP contribution in [0.5, 0.6) is 5.75 Å². The van der Waals surface area contributed by atoms with E-state index in [0.717, 1.165) is 15.8 Å². The van der Waals surface area contributed by atoms with Gasteiger partial charge in [0.05, 0.1) is 12.8 Å². The summed E-state index contributed by atoms with van der Waals surface area (Å²) in [5.74, 6) is -0.149. The van der Waals surface area contributed by atoms with Crippen molar-refractivity contribution in [1.82, 2.24) is 9.78 Å². The van der Waals surface area contributed by atoms with Crippen molar-refractivity contribution in [2.24, 2.45) is 0 Å². The molecule has 1 aromatic heterocycles. The number of nitrogens with zero attached hydrogens (tertiary/aromatic N) is 2. The first-order valence-corrected chi connectivity index (χ1v) is 9.72. The number of anilines is 2. The summed E-state index contributed by atoms with van der Waals surface area (Å²) in [6.07, 6.45) is 0. The molecule has 8 nitrogen and oxygen atoms in total. The van der Waals surface area contributed by atoms with Crippen LogP contribution in [-0.4, -0.2) is 28.7 Å². The predicted molar refractivity (Wildman–Crippen MR) is 119 cm³/mol. The smallest absolute Gasteiger partial charge is 0.291 e. The Morgan fingerprint density at radius 1 is 1.03 bits per heavy atom. The number of benzene rings is 2. The third-order valence-electron chi connectivity index (χ3n) is 4.70. The summed E-state index contributed by atoms with van der Waals surface area (Å²) < 4.78 is 6.19. The van der Waals surface area contributed by atoms with Crippen molar-refractivity contribution in [2.45, 2.75) is 26.8 Å². The Bertz CT molecular complexity index is 1150. The van der Waals surface area contributed by atoms with Crippen molar-refractivity contribution >= 4 is 23.2 Å². The SMILES string of the molecule is COc1ccc(NC(=O)C(C)n2nc(-c3ccc(C)cc3)cc(NC(C)=O)c2=O)cc1. The Hall–Kier alpha value is -3.94. The fraction of sp³-hybridized carbons (Fsp3) is 0.217. The van der Waals surface area contributed by atoms with E-state index < -0.39 is 17.5 Å². The molecular weight excluding hydrogens is 396 g/mol. The van der Waals surface area contributed by atoms with Gasteiger partial charge < -0.3 is 15.4 Å². The summed E-state index contributed by atoms with van der Waals surface area (Å²) in [6.45, 7) is 4.85. The van der Waals surface area contributed by atoms with Crippen molar-refractivity contribution in [2.75, 3.05) is 17.7 Å². The van der Waals surface area contributed by atoms with Gasteiger partial charge in [0.25, 0.3) is 5.56 Å². The van der Waals surface area contributed by atoms with Gasteiger partial charge in [0.1, 0.15) is 17.5 Å². The van der Waals surface area contributed by atoms with E-state index in [0.29, 0.717) is 17.1 Å². The number of aryl methyl sites for hydroxylation is 1. The molecule has 0 saturated heterocycles. The molecule has 1 heterocycles. The van der Waals surface area contributed by atoms with Gasteiger partial charge in [0.2, 0.25) is 11.8 Å². The fourth-order valence-electron chi connectivity index (χ4n) is 2.95. The molecule has 2 amide bonds. The van der Waals surface area contributed by atoms with Gasteiger partial charge >= 0.3 is 0 Å². The number of amides is 2. The van der Waals surface area contributed by atoms with E-state index in [9.17, 15) is 14.4 Å². The van der Waals surface area contributed by atoms with Crippen LogP contribution in [0.4, 0.5) is 11.4 Å². The van der Waals surface area contributed by atoms with Crippen LogP contribution >= 0.6 is 0 Å². The van der Waals surface area contributed by atoms with Crippen LogP contribution in [0.1, 0.15) is 25.5 Å². The minimum Gasteiger partial charge on any atom is -0.497 e. The number of methoxy groups -OCH3 is 1. The van der Waals surface area contributed by atoms with Gasteiger partial charge in [-0.05, 0) is 44.2 Å². The summed E-state index contributed by atoms with van der Waals surface area (Å²) in [4.78, 5) is 37.3. The van der Waals surface area contributed by atoms with E-state index in [1.54, 1.807) is 38.3 Å². The maximum atomic E-state index is 12.9. The van der Waals surface area contributed by atoms with Crippen LogP contribution < -0.4 is 20.9 Å². The highest BCUT2D eigenvalue weighted by atomic mass is 16.5. The number of nitrogens with one attached hydrogen (secondary N) is 2. The molecule has 0 spiro atoms. The molecule has 0 bridgehead atoms. The standard InChI is InChI=1S/C23H24N4O4/c1-14-5-7-17(8-6-14)20-13-21(24-16(3)28)23(30)27(26-20)15(2)22(29)25-18-9-11-19(31-4)12-10-18/h5-13,15H,1-4H3,(H,24,28)(H,25,29). The van der Waals surface area contributed by atoms with Crippen molar-refractivity contribution in [1.29, 1.82) is 0 Å². The minimum absolute atomic E-state index is 0.0576. The lowest BCUT2D eigenvalue weighted by atomic mass is 10.1. The van der Waals surface area contributed by atoms with E-state index in [-0.39, 0.29) is 11.6 Å². The van der Waals surface area contributed by atoms with Crippen LogP contribution in [-0.2, 0) is 9.59 Å². The summed E-state index contributed by atoms with van der Waals surface area (Å²) in [5, 5.41) is 9.70. The second kappa shape index (κ2) is 9.25.